The summed E-state index contributed by atoms with van der Waals surface area (Å²) in [5, 5.41) is 7.22. The molecule has 1 aromatic rings. The number of nitrogens with one attached hydrogen (secondary N) is 2. The monoisotopic (exact) mass is 351 g/mol. The number of fused-ring (bicyclic) bond motifs is 1. The van der Waals surface area contributed by atoms with Gasteiger partial charge in [0.05, 0.1) is 12.7 Å². The number of hydrogen-bond donors (Lipinski definition) is 2. The van der Waals surface area contributed by atoms with Gasteiger partial charge in [-0.15, -0.1) is 0 Å². The number of morpholine rings is 1. The number of nitrogens with zero attached hydrogens (tertiary/aromatic N) is 3. The van der Waals surface area contributed by atoms with Gasteiger partial charge in [0, 0.05) is 38.9 Å². The number of pyridine rings is 1. The Morgan fingerprint density at radius 2 is 2.38 bits per heavy atom. The first-order valence-corrected chi connectivity index (χ1v) is 9.03. The molecule has 2 aliphatic rings. The van der Waals surface area contributed by atoms with Crippen LogP contribution >= 0.6 is 11.6 Å². The topological polar surface area (TPSA) is 61.8 Å². The molecule has 2 saturated heterocycles. The van der Waals surface area contributed by atoms with Gasteiger partial charge in [0.1, 0.15) is 5.15 Å². The Hall–Kier alpha value is -1.37. The fraction of sp³-hybridized carbons (Fsp3) is 0.647. The van der Waals surface area contributed by atoms with Gasteiger partial charge < -0.3 is 15.4 Å². The second-order valence-electron chi connectivity index (χ2n) is 6.37. The molecule has 3 heterocycles. The van der Waals surface area contributed by atoms with Gasteiger partial charge in [0.2, 0.25) is 0 Å². The summed E-state index contributed by atoms with van der Waals surface area (Å²) in [4.78, 5) is 10.9. The first-order valence-electron chi connectivity index (χ1n) is 8.65. The smallest absolute Gasteiger partial charge is 0.191 e. The van der Waals surface area contributed by atoms with Crippen molar-refractivity contribution in [2.24, 2.45) is 4.99 Å². The molecule has 3 rings (SSSR count). The molecule has 2 atom stereocenters. The molecule has 7 heteroatoms. The van der Waals surface area contributed by atoms with Crippen LogP contribution in [0.15, 0.2) is 23.3 Å². The Labute approximate surface area is 148 Å². The highest BCUT2D eigenvalue weighted by atomic mass is 35.5. The van der Waals surface area contributed by atoms with Gasteiger partial charge in [0.25, 0.3) is 0 Å². The van der Waals surface area contributed by atoms with Gasteiger partial charge in [0.15, 0.2) is 5.96 Å². The quantitative estimate of drug-likeness (QED) is 0.476. The van der Waals surface area contributed by atoms with Crippen LogP contribution in [0.4, 0.5) is 0 Å². The van der Waals surface area contributed by atoms with E-state index in [1.165, 1.54) is 19.4 Å². The first-order chi connectivity index (χ1) is 11.7. The Morgan fingerprint density at radius 3 is 3.17 bits per heavy atom. The average Bonchev–Trinajstić information content (AvgIpc) is 3.07. The van der Waals surface area contributed by atoms with Gasteiger partial charge >= 0.3 is 0 Å². The predicted octanol–water partition coefficient (Wildman–Crippen LogP) is 1.31. The molecule has 0 bridgehead atoms. The largest absolute Gasteiger partial charge is 0.373 e. The summed E-state index contributed by atoms with van der Waals surface area (Å²) in [5.74, 6) is 0.809. The Morgan fingerprint density at radius 1 is 1.46 bits per heavy atom. The van der Waals surface area contributed by atoms with Gasteiger partial charge in [-0.1, -0.05) is 17.7 Å². The van der Waals surface area contributed by atoms with Crippen LogP contribution in [0.1, 0.15) is 18.4 Å². The molecule has 0 aliphatic carbocycles. The summed E-state index contributed by atoms with van der Waals surface area (Å²) in [6.45, 7) is 4.67. The lowest BCUT2D eigenvalue weighted by atomic mass is 10.2. The Balaban J connectivity index is 1.36. The van der Waals surface area contributed by atoms with E-state index in [4.69, 9.17) is 16.3 Å². The molecule has 132 valence electrons. The molecule has 6 nitrogen and oxygen atoms in total. The number of hydrogen-bond acceptors (Lipinski definition) is 4. The van der Waals surface area contributed by atoms with Crippen LogP contribution in [0.5, 0.6) is 0 Å². The zero-order valence-electron chi connectivity index (χ0n) is 14.2. The molecule has 1 aromatic heterocycles. The maximum atomic E-state index is 5.96. The molecular formula is C17H26ClN5O. The van der Waals surface area contributed by atoms with Crippen molar-refractivity contribution in [1.82, 2.24) is 20.5 Å². The summed E-state index contributed by atoms with van der Waals surface area (Å²) in [6, 6.07) is 4.46. The minimum atomic E-state index is 0.235. The minimum absolute atomic E-state index is 0.235. The molecular weight excluding hydrogens is 326 g/mol. The van der Waals surface area contributed by atoms with Crippen LogP contribution in [0, 0.1) is 0 Å². The summed E-state index contributed by atoms with van der Waals surface area (Å²) < 4.78 is 5.96. The maximum Gasteiger partial charge on any atom is 0.191 e. The second kappa shape index (κ2) is 8.65. The summed E-state index contributed by atoms with van der Waals surface area (Å²) >= 11 is 5.80. The molecule has 0 aromatic carbocycles. The zero-order chi connectivity index (χ0) is 16.8. The number of aromatic nitrogens is 1. The van der Waals surface area contributed by atoms with Crippen molar-refractivity contribution in [2.75, 3.05) is 39.8 Å². The van der Waals surface area contributed by atoms with Crippen LogP contribution in [0.25, 0.3) is 0 Å². The van der Waals surface area contributed by atoms with E-state index in [9.17, 15) is 0 Å². The van der Waals surface area contributed by atoms with E-state index in [-0.39, 0.29) is 6.10 Å². The van der Waals surface area contributed by atoms with Crippen LogP contribution in [0.3, 0.4) is 0 Å². The Bertz CT molecular complexity index is 550. The normalized spacial score (nSPS) is 24.7. The highest BCUT2D eigenvalue weighted by Crippen LogP contribution is 2.22. The lowest BCUT2D eigenvalue weighted by molar-refractivity contribution is -0.0453. The third kappa shape index (κ3) is 4.82. The van der Waals surface area contributed by atoms with Gasteiger partial charge in [-0.25, -0.2) is 4.98 Å². The van der Waals surface area contributed by atoms with Gasteiger partial charge in [-0.05, 0) is 37.4 Å². The lowest BCUT2D eigenvalue weighted by Gasteiger charge is -2.35. The summed E-state index contributed by atoms with van der Waals surface area (Å²) in [6.07, 6.45) is 5.50. The van der Waals surface area contributed by atoms with E-state index < -0.39 is 0 Å². The van der Waals surface area contributed by atoms with E-state index in [0.29, 0.717) is 11.2 Å². The van der Waals surface area contributed by atoms with Crippen LogP contribution < -0.4 is 10.6 Å². The highest BCUT2D eigenvalue weighted by molar-refractivity contribution is 6.29. The summed E-state index contributed by atoms with van der Waals surface area (Å²) in [5.41, 5.74) is 1.15. The van der Waals surface area contributed by atoms with Crippen LogP contribution in [0.2, 0.25) is 5.15 Å². The predicted molar refractivity (Wildman–Crippen MR) is 96.7 cm³/mol. The lowest BCUT2D eigenvalue weighted by Crippen LogP contribution is -2.51. The van der Waals surface area contributed by atoms with Crippen molar-refractivity contribution >= 4 is 17.6 Å². The highest BCUT2D eigenvalue weighted by Gasteiger charge is 2.32. The number of aliphatic imine (C=N–C) groups is 1. The SMILES string of the molecule is CN=C(NCCc1ccc(Cl)nc1)NCC1CN2CCCC2CO1. The second-order valence-corrected chi connectivity index (χ2v) is 6.75. The number of rotatable bonds is 5. The van der Waals surface area contributed by atoms with Crippen molar-refractivity contribution in [1.29, 1.82) is 0 Å². The van der Waals surface area contributed by atoms with Crippen molar-refractivity contribution in [3.63, 3.8) is 0 Å². The minimum Gasteiger partial charge on any atom is -0.373 e. The number of ether oxygens (including phenoxy) is 1. The first kappa shape index (κ1) is 17.5. The van der Waals surface area contributed by atoms with E-state index in [1.807, 2.05) is 18.3 Å². The van der Waals surface area contributed by atoms with E-state index in [2.05, 4.69) is 25.5 Å². The van der Waals surface area contributed by atoms with Crippen LogP contribution in [-0.2, 0) is 11.2 Å². The molecule has 2 aliphatic heterocycles. The van der Waals surface area contributed by atoms with Gasteiger partial charge in [-0.3, -0.25) is 9.89 Å². The standard InChI is InChI=1S/C17H26ClN5O/c1-19-17(20-7-6-13-4-5-16(18)21-9-13)22-10-15-11-23-8-2-3-14(23)12-24-15/h4-5,9,14-15H,2-3,6-8,10-12H2,1H3,(H2,19,20,22). The van der Waals surface area contributed by atoms with Crippen molar-refractivity contribution in [3.05, 3.63) is 29.0 Å². The van der Waals surface area contributed by atoms with Crippen molar-refractivity contribution < 1.29 is 4.74 Å². The molecule has 0 amide bonds. The molecule has 0 spiro atoms. The van der Waals surface area contributed by atoms with Crippen molar-refractivity contribution in [2.45, 2.75) is 31.4 Å². The fourth-order valence-electron chi connectivity index (χ4n) is 3.32. The molecule has 0 saturated carbocycles. The maximum absolute atomic E-state index is 5.96. The van der Waals surface area contributed by atoms with E-state index in [0.717, 1.165) is 44.2 Å². The van der Waals surface area contributed by atoms with E-state index in [1.54, 1.807) is 7.05 Å². The summed E-state index contributed by atoms with van der Waals surface area (Å²) in [7, 11) is 1.79. The fourth-order valence-corrected chi connectivity index (χ4v) is 3.43. The third-order valence-corrected chi connectivity index (χ3v) is 4.90. The third-order valence-electron chi connectivity index (χ3n) is 4.68. The zero-order valence-corrected chi connectivity index (χ0v) is 14.9. The molecule has 0 radical (unpaired) electrons. The molecule has 24 heavy (non-hydrogen) atoms. The van der Waals surface area contributed by atoms with Crippen LogP contribution in [-0.4, -0.2) is 67.8 Å². The molecule has 2 N–H and O–H groups in total. The van der Waals surface area contributed by atoms with Crippen molar-refractivity contribution in [3.8, 4) is 0 Å². The Kier molecular flexibility index (Phi) is 6.29. The molecule has 2 unspecified atom stereocenters. The average molecular weight is 352 g/mol. The van der Waals surface area contributed by atoms with E-state index >= 15 is 0 Å². The van der Waals surface area contributed by atoms with Gasteiger partial charge in [-0.2, -0.15) is 0 Å². The number of guanidine groups is 1. The molecule has 2 fully saturated rings. The number of halogens is 1.